The fraction of sp³-hybridized carbons (Fsp3) is 0.682. The van der Waals surface area contributed by atoms with Crippen molar-refractivity contribution in [3.8, 4) is 0 Å². The molecule has 1 amide bonds. The number of primary amides is 1. The van der Waals surface area contributed by atoms with Crippen molar-refractivity contribution in [2.75, 3.05) is 57.9 Å². The molecule has 1 aromatic rings. The largest absolute Gasteiger partial charge is 0.379 e. The first kappa shape index (κ1) is 26.6. The predicted octanol–water partition coefficient (Wildman–Crippen LogP) is 1.18. The van der Waals surface area contributed by atoms with Crippen LogP contribution >= 0.6 is 24.0 Å². The number of carbonyl (C=O) groups is 1. The molecule has 3 rings (SSSR count). The minimum atomic E-state index is -0.197. The molecule has 4 N–H and O–H groups in total. The van der Waals surface area contributed by atoms with Crippen molar-refractivity contribution in [2.24, 2.45) is 16.6 Å². The van der Waals surface area contributed by atoms with Gasteiger partial charge in [0.25, 0.3) is 0 Å². The van der Waals surface area contributed by atoms with E-state index in [1.807, 2.05) is 12.3 Å². The monoisotopic (exact) mass is 559 g/mol. The van der Waals surface area contributed by atoms with E-state index in [0.717, 1.165) is 76.1 Å². The molecule has 0 bridgehead atoms. The number of carbonyl (C=O) groups excluding carboxylic acids is 1. The summed E-state index contributed by atoms with van der Waals surface area (Å²) >= 11 is 0. The van der Waals surface area contributed by atoms with Crippen LogP contribution in [0.25, 0.3) is 0 Å². The van der Waals surface area contributed by atoms with Crippen LogP contribution in [0.1, 0.15) is 32.3 Å². The second-order valence-electron chi connectivity index (χ2n) is 8.84. The number of nitrogens with two attached hydrogens (primary N) is 1. The molecule has 0 aliphatic carbocycles. The Labute approximate surface area is 208 Å². The van der Waals surface area contributed by atoms with Gasteiger partial charge < -0.3 is 26.0 Å². The summed E-state index contributed by atoms with van der Waals surface area (Å²) in [6.45, 7) is 11.0. The molecule has 180 valence electrons. The van der Waals surface area contributed by atoms with Crippen LogP contribution in [-0.4, -0.2) is 80.3 Å². The highest BCUT2D eigenvalue weighted by Crippen LogP contribution is 2.24. The number of pyridine rings is 1. The van der Waals surface area contributed by atoms with Crippen molar-refractivity contribution >= 4 is 41.7 Å². The van der Waals surface area contributed by atoms with E-state index < -0.39 is 0 Å². The number of hydrogen-bond acceptors (Lipinski definition) is 6. The summed E-state index contributed by atoms with van der Waals surface area (Å²) < 4.78 is 5.48. The number of amides is 1. The second-order valence-corrected chi connectivity index (χ2v) is 8.84. The first-order valence-electron chi connectivity index (χ1n) is 11.2. The van der Waals surface area contributed by atoms with E-state index in [9.17, 15) is 4.79 Å². The van der Waals surface area contributed by atoms with Crippen LogP contribution in [0.5, 0.6) is 0 Å². The van der Waals surface area contributed by atoms with E-state index in [4.69, 9.17) is 10.5 Å². The predicted molar refractivity (Wildman–Crippen MR) is 138 cm³/mol. The van der Waals surface area contributed by atoms with Gasteiger partial charge in [-0.2, -0.15) is 0 Å². The highest BCUT2D eigenvalue weighted by molar-refractivity contribution is 14.0. The number of halogens is 1. The number of anilines is 1. The molecule has 0 spiro atoms. The van der Waals surface area contributed by atoms with Crippen LogP contribution in [0, 0.1) is 5.92 Å². The number of aliphatic imine (C=N–C) groups is 1. The van der Waals surface area contributed by atoms with Gasteiger partial charge in [-0.25, -0.2) is 4.98 Å². The van der Waals surface area contributed by atoms with E-state index in [0.29, 0.717) is 6.54 Å². The summed E-state index contributed by atoms with van der Waals surface area (Å²) in [6.07, 6.45) is 3.37. The SMILES string of the molecule is CN=C(NCc1cccnc1N1CCC(C(N)=O)CC1)NCC(C)(C)N1CCOCC1.I. The number of nitrogens with one attached hydrogen (secondary N) is 2. The van der Waals surface area contributed by atoms with Gasteiger partial charge in [-0.1, -0.05) is 6.07 Å². The van der Waals surface area contributed by atoms with E-state index in [2.05, 4.69) is 50.3 Å². The fourth-order valence-corrected chi connectivity index (χ4v) is 4.21. The maximum absolute atomic E-state index is 11.5. The molecule has 0 saturated carbocycles. The van der Waals surface area contributed by atoms with Gasteiger partial charge in [0, 0.05) is 69.5 Å². The molecule has 2 fully saturated rings. The lowest BCUT2D eigenvalue weighted by molar-refractivity contribution is -0.122. The minimum absolute atomic E-state index is 0. The average molecular weight is 559 g/mol. The first-order chi connectivity index (χ1) is 14.9. The number of morpholine rings is 1. The molecule has 9 nitrogen and oxygen atoms in total. The van der Waals surface area contributed by atoms with Crippen molar-refractivity contribution in [3.63, 3.8) is 0 Å². The topological polar surface area (TPSA) is 108 Å². The summed E-state index contributed by atoms with van der Waals surface area (Å²) in [5.74, 6) is 1.50. The number of hydrogen-bond donors (Lipinski definition) is 3. The molecule has 2 aliphatic rings. The Bertz CT molecular complexity index is 760. The zero-order chi connectivity index (χ0) is 22.3. The third-order valence-corrected chi connectivity index (χ3v) is 6.29. The average Bonchev–Trinajstić information content (AvgIpc) is 2.80. The van der Waals surface area contributed by atoms with E-state index in [1.54, 1.807) is 7.05 Å². The highest BCUT2D eigenvalue weighted by atomic mass is 127. The van der Waals surface area contributed by atoms with E-state index in [1.165, 1.54) is 0 Å². The minimum Gasteiger partial charge on any atom is -0.379 e. The second kappa shape index (κ2) is 12.5. The molecular weight excluding hydrogens is 521 g/mol. The van der Waals surface area contributed by atoms with Crippen LogP contribution in [0.15, 0.2) is 23.3 Å². The van der Waals surface area contributed by atoms with Gasteiger partial charge in [0.1, 0.15) is 5.82 Å². The fourth-order valence-electron chi connectivity index (χ4n) is 4.21. The molecule has 2 aliphatic heterocycles. The Hall–Kier alpha value is -1.66. The molecule has 3 heterocycles. The quantitative estimate of drug-likeness (QED) is 0.262. The molecular formula is C22H38IN7O2. The van der Waals surface area contributed by atoms with Crippen molar-refractivity contribution in [1.29, 1.82) is 0 Å². The lowest BCUT2D eigenvalue weighted by Crippen LogP contribution is -2.56. The van der Waals surface area contributed by atoms with Crippen molar-refractivity contribution < 1.29 is 9.53 Å². The molecule has 1 aromatic heterocycles. The number of guanidine groups is 1. The van der Waals surface area contributed by atoms with Gasteiger partial charge in [0.05, 0.1) is 13.2 Å². The molecule has 10 heteroatoms. The van der Waals surface area contributed by atoms with Crippen molar-refractivity contribution in [2.45, 2.75) is 38.8 Å². The molecule has 2 saturated heterocycles. The number of aromatic nitrogens is 1. The van der Waals surface area contributed by atoms with Gasteiger partial charge in [0.2, 0.25) is 5.91 Å². The molecule has 0 aromatic carbocycles. The van der Waals surface area contributed by atoms with Crippen molar-refractivity contribution in [1.82, 2.24) is 20.5 Å². The number of rotatable bonds is 7. The van der Waals surface area contributed by atoms with Gasteiger partial charge in [-0.15, -0.1) is 24.0 Å². The highest BCUT2D eigenvalue weighted by Gasteiger charge is 2.28. The van der Waals surface area contributed by atoms with Crippen LogP contribution in [0.3, 0.4) is 0 Å². The number of nitrogens with zero attached hydrogens (tertiary/aromatic N) is 4. The Balaban J connectivity index is 0.00000363. The van der Waals surface area contributed by atoms with Gasteiger partial charge in [-0.3, -0.25) is 14.7 Å². The summed E-state index contributed by atoms with van der Waals surface area (Å²) in [5.41, 5.74) is 6.58. The third-order valence-electron chi connectivity index (χ3n) is 6.29. The lowest BCUT2D eigenvalue weighted by atomic mass is 9.96. The number of ether oxygens (including phenoxy) is 1. The van der Waals surface area contributed by atoms with Gasteiger partial charge in [0.15, 0.2) is 5.96 Å². The third kappa shape index (κ3) is 7.17. The van der Waals surface area contributed by atoms with Crippen molar-refractivity contribution in [3.05, 3.63) is 23.9 Å². The summed E-state index contributed by atoms with van der Waals surface area (Å²) in [5, 5.41) is 6.89. The van der Waals surface area contributed by atoms with Crippen LogP contribution in [-0.2, 0) is 16.1 Å². The Morgan fingerprint density at radius 3 is 2.56 bits per heavy atom. The Morgan fingerprint density at radius 2 is 1.94 bits per heavy atom. The summed E-state index contributed by atoms with van der Waals surface area (Å²) in [7, 11) is 1.79. The zero-order valence-corrected chi connectivity index (χ0v) is 21.8. The molecule has 32 heavy (non-hydrogen) atoms. The summed E-state index contributed by atoms with van der Waals surface area (Å²) in [4.78, 5) is 25.2. The lowest BCUT2D eigenvalue weighted by Gasteiger charge is -2.41. The normalized spacial score (nSPS) is 18.7. The van der Waals surface area contributed by atoms with Crippen LogP contribution < -0.4 is 21.3 Å². The maximum atomic E-state index is 11.5. The summed E-state index contributed by atoms with van der Waals surface area (Å²) in [6, 6.07) is 4.04. The maximum Gasteiger partial charge on any atom is 0.220 e. The van der Waals surface area contributed by atoms with Gasteiger partial charge in [-0.05, 0) is 32.8 Å². The van der Waals surface area contributed by atoms with Gasteiger partial charge >= 0.3 is 0 Å². The Kier molecular flexibility index (Phi) is 10.4. The standard InChI is InChI=1S/C22H37N7O2.HI/c1-22(2,29-11-13-31-14-12-29)16-27-21(24-3)26-15-18-5-4-8-25-20(18)28-9-6-17(7-10-28)19(23)30;/h4-5,8,17H,6-7,9-16H2,1-3H3,(H2,23,30)(H2,24,26,27);1H. The van der Waals surface area contributed by atoms with E-state index in [-0.39, 0.29) is 41.3 Å². The zero-order valence-electron chi connectivity index (χ0n) is 19.5. The molecule has 0 unspecified atom stereocenters. The molecule has 0 radical (unpaired) electrons. The van der Waals surface area contributed by atoms with E-state index >= 15 is 0 Å². The van der Waals surface area contributed by atoms with Crippen LogP contribution in [0.2, 0.25) is 0 Å². The Morgan fingerprint density at radius 1 is 1.25 bits per heavy atom. The smallest absolute Gasteiger partial charge is 0.220 e. The number of piperidine rings is 1. The first-order valence-corrected chi connectivity index (χ1v) is 11.2. The van der Waals surface area contributed by atoms with Crippen LogP contribution in [0.4, 0.5) is 5.82 Å². The molecule has 0 atom stereocenters.